The maximum atomic E-state index is 9.93. The number of aromatic hydroxyl groups is 4. The van der Waals surface area contributed by atoms with E-state index in [-0.39, 0.29) is 128 Å². The molecule has 8 aromatic carbocycles. The van der Waals surface area contributed by atoms with Gasteiger partial charge in [-0.05, 0) is 121 Å². The van der Waals surface area contributed by atoms with Crippen LogP contribution in [0.5, 0.6) is 23.0 Å². The summed E-state index contributed by atoms with van der Waals surface area (Å²) in [5.74, 6) is 1.44. The molecule has 4 heterocycles. The molecule has 0 unspecified atom stereocenters. The summed E-state index contributed by atoms with van der Waals surface area (Å²) in [5, 5.41) is 61.6. The quantitative estimate of drug-likeness (QED) is 0.120. The smallest absolute Gasteiger partial charge is 0.123 e. The van der Waals surface area contributed by atoms with Crippen LogP contribution in [-0.4, -0.2) is 50.6 Å². The van der Waals surface area contributed by atoms with Gasteiger partial charge in [0.25, 0.3) is 0 Å². The van der Waals surface area contributed by atoms with Crippen LogP contribution in [0.2, 0.25) is 0 Å². The van der Waals surface area contributed by atoms with Gasteiger partial charge < -0.3 is 41.3 Å². The number of phenols is 4. The number of rotatable bonds is 0. The van der Waals surface area contributed by atoms with Gasteiger partial charge in [0.05, 0.1) is 0 Å². The second kappa shape index (κ2) is 22.5. The van der Waals surface area contributed by atoms with Gasteiger partial charge in [-0.1, -0.05) is 145 Å². The van der Waals surface area contributed by atoms with Crippen molar-refractivity contribution in [3.05, 3.63) is 160 Å². The van der Waals surface area contributed by atoms with Crippen molar-refractivity contribution >= 4 is 65.8 Å². The molecule has 4 aliphatic heterocycles. The molecule has 0 saturated heterocycles. The first kappa shape index (κ1) is 58.4. The number of aryl methyl sites for hydroxylation is 2. The van der Waals surface area contributed by atoms with E-state index in [2.05, 4.69) is 120 Å². The van der Waals surface area contributed by atoms with Gasteiger partial charge >= 0.3 is 0 Å². The molecule has 12 rings (SSSR count). The zero-order chi connectivity index (χ0) is 47.6. The second-order valence-electron chi connectivity index (χ2n) is 21.3. The number of hydrogen-bond donors (Lipinski definition) is 4. The first-order valence-corrected chi connectivity index (χ1v) is 23.6. The number of hydrogen-bond acceptors (Lipinski definition) is 5. The number of phenolic OH excluding ortho intramolecular Hbond substituents is 4. The summed E-state index contributed by atoms with van der Waals surface area (Å²) >= 11 is 0. The second-order valence-corrected chi connectivity index (χ2v) is 21.3. The molecular formula is C60H67N4O4Y3-3. The fourth-order valence-corrected chi connectivity index (χ4v) is 10.3. The zero-order valence-corrected chi connectivity index (χ0v) is 50.6. The maximum absolute atomic E-state index is 9.93. The van der Waals surface area contributed by atoms with Gasteiger partial charge in [-0.25, -0.2) is 0 Å². The van der Waals surface area contributed by atoms with Crippen LogP contribution < -0.4 is 4.90 Å². The first-order chi connectivity index (χ1) is 31.7. The van der Waals surface area contributed by atoms with Gasteiger partial charge in [0.1, 0.15) is 23.0 Å². The minimum absolute atomic E-state index is 0. The maximum Gasteiger partial charge on any atom is 0.123 e. The Balaban J connectivity index is 0.000000173. The molecule has 11 heteroatoms. The molecular weight excluding hydrogens is 1110 g/mol. The number of fused-ring (bicyclic) bond motifs is 10. The van der Waals surface area contributed by atoms with Crippen LogP contribution in [-0.2, 0) is 123 Å². The van der Waals surface area contributed by atoms with E-state index in [9.17, 15) is 20.4 Å². The summed E-state index contributed by atoms with van der Waals surface area (Å²) in [7, 11) is 2.16. The van der Waals surface area contributed by atoms with E-state index in [1.165, 1.54) is 33.3 Å². The third-order valence-corrected chi connectivity index (χ3v) is 14.3. The van der Waals surface area contributed by atoms with Gasteiger partial charge in [-0.3, -0.25) is 0 Å². The molecule has 4 aliphatic rings. The Bertz CT molecular complexity index is 3220. The Kier molecular flexibility index (Phi) is 18.5. The summed E-state index contributed by atoms with van der Waals surface area (Å²) in [6, 6.07) is 39.1. The molecule has 0 bridgehead atoms. The van der Waals surface area contributed by atoms with Crippen LogP contribution in [0.1, 0.15) is 97.9 Å². The number of anilines is 1. The van der Waals surface area contributed by atoms with Crippen molar-refractivity contribution in [2.24, 2.45) is 0 Å². The Morgan fingerprint density at radius 2 is 0.972 bits per heavy atom. The Labute approximate surface area is 496 Å². The van der Waals surface area contributed by atoms with E-state index in [1.807, 2.05) is 54.6 Å². The number of nitrogens with zero attached hydrogens (tertiary/aromatic N) is 4. The van der Waals surface area contributed by atoms with Crippen molar-refractivity contribution < 1.29 is 119 Å². The van der Waals surface area contributed by atoms with Crippen molar-refractivity contribution in [1.29, 1.82) is 0 Å². The van der Waals surface area contributed by atoms with Crippen LogP contribution >= 0.6 is 0 Å². The van der Waals surface area contributed by atoms with E-state index < -0.39 is 0 Å². The Morgan fingerprint density at radius 1 is 0.479 bits per heavy atom. The van der Waals surface area contributed by atoms with Gasteiger partial charge in [0.15, 0.2) is 0 Å². The van der Waals surface area contributed by atoms with Crippen molar-refractivity contribution in [1.82, 2.24) is 0 Å². The average Bonchev–Trinajstić information content (AvgIpc) is 3.77. The van der Waals surface area contributed by atoms with Crippen molar-refractivity contribution in [3.63, 3.8) is 0 Å². The van der Waals surface area contributed by atoms with E-state index in [4.69, 9.17) is 5.32 Å². The normalized spacial score (nSPS) is 16.4. The topological polar surface area (TPSA) is 126 Å². The fourth-order valence-electron chi connectivity index (χ4n) is 10.3. The number of benzene rings is 8. The molecule has 363 valence electrons. The van der Waals surface area contributed by atoms with Gasteiger partial charge in [-0.2, -0.15) is 0 Å². The molecule has 71 heavy (non-hydrogen) atoms. The van der Waals surface area contributed by atoms with Crippen LogP contribution in [0.3, 0.4) is 0 Å². The van der Waals surface area contributed by atoms with E-state index in [0.29, 0.717) is 23.0 Å². The minimum Gasteiger partial charge on any atom is -0.683 e. The summed E-state index contributed by atoms with van der Waals surface area (Å²) in [6.45, 7) is 18.4. The van der Waals surface area contributed by atoms with Gasteiger partial charge in [0, 0.05) is 138 Å². The molecule has 0 fully saturated rings. The van der Waals surface area contributed by atoms with Crippen LogP contribution in [0.4, 0.5) is 22.7 Å². The minimum atomic E-state index is -0.00463. The fraction of sp³-hybridized carbons (Fsp3) is 0.333. The molecule has 0 spiro atoms. The van der Waals surface area contributed by atoms with Gasteiger partial charge in [-0.15, -0.1) is 34.7 Å². The molecule has 8 nitrogen and oxygen atoms in total. The van der Waals surface area contributed by atoms with Crippen LogP contribution in [0, 0.1) is 0 Å². The third-order valence-electron chi connectivity index (χ3n) is 14.3. The third kappa shape index (κ3) is 12.1. The summed E-state index contributed by atoms with van der Waals surface area (Å²) in [5.41, 5.74) is 9.95. The summed E-state index contributed by atoms with van der Waals surface area (Å²) in [6.07, 6.45) is 5.28. The SMILES string of the molecule is C.CC1(C)CCc2cc3c(O)cccc3cc2[N-]1.CC1(C)C[N-]c2ccc3c(O)cccc3c21.CC1(C)Cc2cc3c(O)cccc3cc2[N-]1.CN1c2ccc3c(O)cccc3c2CCC1(C)C.[Y].[Y].[Y]. The Hall–Kier alpha value is -3.49. The molecule has 4 N–H and O–H groups in total. The molecule has 0 saturated carbocycles. The monoisotopic (exact) mass is 1170 g/mol. The molecule has 0 amide bonds. The first-order valence-electron chi connectivity index (χ1n) is 23.6. The van der Waals surface area contributed by atoms with E-state index in [0.717, 1.165) is 93.4 Å². The Morgan fingerprint density at radius 3 is 1.58 bits per heavy atom. The van der Waals surface area contributed by atoms with Crippen LogP contribution in [0.25, 0.3) is 59.0 Å². The van der Waals surface area contributed by atoms with Crippen molar-refractivity contribution in [2.75, 3.05) is 18.5 Å². The van der Waals surface area contributed by atoms with E-state index >= 15 is 0 Å². The molecule has 0 atom stereocenters. The van der Waals surface area contributed by atoms with Crippen LogP contribution in [0.15, 0.2) is 121 Å². The average molecular weight is 1170 g/mol. The van der Waals surface area contributed by atoms with E-state index in [1.54, 1.807) is 24.3 Å². The van der Waals surface area contributed by atoms with Crippen molar-refractivity contribution in [2.45, 2.75) is 117 Å². The summed E-state index contributed by atoms with van der Waals surface area (Å²) < 4.78 is 0. The largest absolute Gasteiger partial charge is 0.683 e. The standard InChI is InChI=1S/C16H19NO.C15H16NO.2C14H14NO.CH4.3Y/c1-16(2)10-9-12-11-5-4-6-15(18)13(11)7-8-14(12)17(16)3;1-15(2)7-6-11-8-12-10(9-13(11)16-15)4-3-5-14(12)17;1-14(2)8-10-6-11-9(7-12(10)15-14)4-3-5-13(11)16;1-14(2)8-15-11-7-6-9-10(13(11)14)4-3-5-12(9)16;;;;/h4-8,18H,9-10H2,1-3H3;3-5,8-9,17H,6-7H2,1-2H3;2*3-7,16H,8H2,1-2H3;1H4;;;/q;3*-1;;;;. The molecule has 8 aromatic rings. The van der Waals surface area contributed by atoms with Crippen molar-refractivity contribution in [3.8, 4) is 23.0 Å². The molecule has 0 aliphatic carbocycles. The predicted octanol–water partition coefficient (Wildman–Crippen LogP) is 16.3. The van der Waals surface area contributed by atoms with Gasteiger partial charge in [0.2, 0.25) is 0 Å². The predicted molar refractivity (Wildman–Crippen MR) is 287 cm³/mol. The molecule has 3 radical (unpaired) electrons. The molecule has 0 aromatic heterocycles. The zero-order valence-electron chi connectivity index (χ0n) is 42.1. The summed E-state index contributed by atoms with van der Waals surface area (Å²) in [4.78, 5) is 2.36.